The number of nitrogens with one attached hydrogen (secondary N) is 2. The number of thiophene rings is 2. The van der Waals surface area contributed by atoms with Gasteiger partial charge in [0.2, 0.25) is 5.95 Å². The van der Waals surface area contributed by atoms with E-state index in [1.54, 1.807) is 22.7 Å². The fraction of sp³-hybridized carbons (Fsp3) is 0.231. The van der Waals surface area contributed by atoms with Crippen molar-refractivity contribution in [2.24, 2.45) is 0 Å². The summed E-state index contributed by atoms with van der Waals surface area (Å²) in [4.78, 5) is 11.4. The van der Waals surface area contributed by atoms with Gasteiger partial charge in [-0.1, -0.05) is 6.92 Å². The molecule has 0 aromatic carbocycles. The van der Waals surface area contributed by atoms with Crippen LogP contribution < -0.4 is 10.6 Å². The Kier molecular flexibility index (Phi) is 3.35. The van der Waals surface area contributed by atoms with E-state index < -0.39 is 0 Å². The molecule has 3 heterocycles. The Morgan fingerprint density at radius 2 is 2.21 bits per heavy atom. The second-order valence-corrected chi connectivity index (χ2v) is 5.96. The van der Waals surface area contributed by atoms with Gasteiger partial charge in [-0.25, -0.2) is 4.98 Å². The minimum atomic E-state index is 0.648. The van der Waals surface area contributed by atoms with E-state index in [2.05, 4.69) is 39.0 Å². The van der Waals surface area contributed by atoms with Crippen LogP contribution in [0, 0.1) is 0 Å². The lowest BCUT2D eigenvalue weighted by Crippen LogP contribution is -2.00. The Balaban J connectivity index is 2.11. The smallest absolute Gasteiger partial charge is 0.225 e. The van der Waals surface area contributed by atoms with E-state index in [1.807, 2.05) is 18.5 Å². The van der Waals surface area contributed by atoms with Crippen molar-refractivity contribution >= 4 is 50.3 Å². The number of aryl methyl sites for hydroxylation is 1. The fourth-order valence-corrected chi connectivity index (χ4v) is 3.38. The summed E-state index contributed by atoms with van der Waals surface area (Å²) in [7, 11) is 1.84. The number of hydrogen-bond donors (Lipinski definition) is 2. The van der Waals surface area contributed by atoms with Gasteiger partial charge in [-0.05, 0) is 23.9 Å². The van der Waals surface area contributed by atoms with Crippen molar-refractivity contribution in [1.29, 1.82) is 0 Å². The van der Waals surface area contributed by atoms with Crippen molar-refractivity contribution < 1.29 is 0 Å². The van der Waals surface area contributed by atoms with Crippen LogP contribution in [0.3, 0.4) is 0 Å². The standard InChI is InChI=1S/C13H14N4S2/c1-3-9-6-10-11(15-8-4-5-18-7-8)16-13(14-2)17-12(10)19-9/h4-7H,3H2,1-2H3,(H2,14,15,16,17). The molecule has 19 heavy (non-hydrogen) atoms. The van der Waals surface area contributed by atoms with Crippen LogP contribution >= 0.6 is 22.7 Å². The van der Waals surface area contributed by atoms with Crippen LogP contribution in [-0.2, 0) is 6.42 Å². The summed E-state index contributed by atoms with van der Waals surface area (Å²) < 4.78 is 0. The van der Waals surface area contributed by atoms with Gasteiger partial charge in [-0.2, -0.15) is 16.3 Å². The SMILES string of the molecule is CCc1cc2c(Nc3ccsc3)nc(NC)nc2s1. The van der Waals surface area contributed by atoms with Gasteiger partial charge < -0.3 is 10.6 Å². The van der Waals surface area contributed by atoms with Crippen molar-refractivity contribution in [2.75, 3.05) is 17.7 Å². The van der Waals surface area contributed by atoms with Crippen molar-refractivity contribution in [3.63, 3.8) is 0 Å². The molecule has 0 saturated heterocycles. The molecule has 0 aliphatic carbocycles. The molecule has 0 aliphatic rings. The van der Waals surface area contributed by atoms with Gasteiger partial charge in [0.15, 0.2) is 0 Å². The minimum absolute atomic E-state index is 0.648. The molecule has 2 N–H and O–H groups in total. The van der Waals surface area contributed by atoms with Gasteiger partial charge >= 0.3 is 0 Å². The molecular weight excluding hydrogens is 276 g/mol. The molecule has 0 unspecified atom stereocenters. The van der Waals surface area contributed by atoms with Crippen LogP contribution in [0.2, 0.25) is 0 Å². The third-order valence-electron chi connectivity index (χ3n) is 2.80. The molecule has 3 aromatic rings. The monoisotopic (exact) mass is 290 g/mol. The normalized spacial score (nSPS) is 10.8. The average Bonchev–Trinajstić information content (AvgIpc) is 3.06. The van der Waals surface area contributed by atoms with Gasteiger partial charge in [0.1, 0.15) is 10.6 Å². The number of anilines is 3. The van der Waals surface area contributed by atoms with Crippen LogP contribution in [-0.4, -0.2) is 17.0 Å². The zero-order valence-corrected chi connectivity index (χ0v) is 12.4. The first-order chi connectivity index (χ1) is 9.30. The largest absolute Gasteiger partial charge is 0.357 e. The third-order valence-corrected chi connectivity index (χ3v) is 4.66. The molecule has 3 aromatic heterocycles. The quantitative estimate of drug-likeness (QED) is 0.759. The van der Waals surface area contributed by atoms with E-state index in [-0.39, 0.29) is 0 Å². The van der Waals surface area contributed by atoms with Crippen molar-refractivity contribution in [2.45, 2.75) is 13.3 Å². The second kappa shape index (κ2) is 5.14. The Bertz CT molecular complexity index is 688. The van der Waals surface area contributed by atoms with Crippen LogP contribution in [0.1, 0.15) is 11.8 Å². The van der Waals surface area contributed by atoms with E-state index in [4.69, 9.17) is 0 Å². The summed E-state index contributed by atoms with van der Waals surface area (Å²) in [5.41, 5.74) is 1.07. The highest BCUT2D eigenvalue weighted by Gasteiger charge is 2.11. The molecule has 0 atom stereocenters. The summed E-state index contributed by atoms with van der Waals surface area (Å²) in [6, 6.07) is 4.22. The summed E-state index contributed by atoms with van der Waals surface area (Å²) in [5, 5.41) is 11.6. The number of rotatable bonds is 4. The summed E-state index contributed by atoms with van der Waals surface area (Å²) in [5.74, 6) is 1.51. The Morgan fingerprint density at radius 1 is 1.32 bits per heavy atom. The molecule has 3 rings (SSSR count). The Hall–Kier alpha value is -1.66. The molecule has 0 spiro atoms. The zero-order valence-electron chi connectivity index (χ0n) is 10.7. The maximum Gasteiger partial charge on any atom is 0.225 e. The van der Waals surface area contributed by atoms with Crippen LogP contribution in [0.5, 0.6) is 0 Å². The van der Waals surface area contributed by atoms with Gasteiger partial charge in [0.05, 0.1) is 11.1 Å². The maximum atomic E-state index is 4.52. The highest BCUT2D eigenvalue weighted by molar-refractivity contribution is 7.18. The average molecular weight is 290 g/mol. The molecule has 0 aliphatic heterocycles. The molecule has 0 bridgehead atoms. The molecule has 0 fully saturated rings. The highest BCUT2D eigenvalue weighted by atomic mass is 32.1. The van der Waals surface area contributed by atoms with Gasteiger partial charge in [0.25, 0.3) is 0 Å². The van der Waals surface area contributed by atoms with E-state index in [0.717, 1.165) is 28.1 Å². The number of fused-ring (bicyclic) bond motifs is 1. The van der Waals surface area contributed by atoms with Crippen LogP contribution in [0.25, 0.3) is 10.2 Å². The molecule has 0 radical (unpaired) electrons. The lowest BCUT2D eigenvalue weighted by atomic mass is 10.3. The second-order valence-electron chi connectivity index (χ2n) is 4.07. The number of nitrogens with zero attached hydrogens (tertiary/aromatic N) is 2. The molecule has 4 nitrogen and oxygen atoms in total. The van der Waals surface area contributed by atoms with E-state index in [0.29, 0.717) is 5.95 Å². The minimum Gasteiger partial charge on any atom is -0.357 e. The van der Waals surface area contributed by atoms with E-state index in [9.17, 15) is 0 Å². The lowest BCUT2D eigenvalue weighted by molar-refractivity contribution is 1.19. The molecular formula is C13H14N4S2. The topological polar surface area (TPSA) is 49.8 Å². The van der Waals surface area contributed by atoms with Crippen molar-refractivity contribution in [3.8, 4) is 0 Å². The number of hydrogen-bond acceptors (Lipinski definition) is 6. The van der Waals surface area contributed by atoms with Gasteiger partial charge in [0, 0.05) is 17.3 Å². The predicted molar refractivity (Wildman–Crippen MR) is 83.9 cm³/mol. The molecule has 0 amide bonds. The van der Waals surface area contributed by atoms with Gasteiger partial charge in [-0.15, -0.1) is 11.3 Å². The maximum absolute atomic E-state index is 4.52. The lowest BCUT2D eigenvalue weighted by Gasteiger charge is -2.06. The molecule has 6 heteroatoms. The summed E-state index contributed by atoms with van der Waals surface area (Å²) >= 11 is 3.39. The zero-order chi connectivity index (χ0) is 13.2. The Labute approximate surface area is 119 Å². The molecule has 98 valence electrons. The number of aromatic nitrogens is 2. The third kappa shape index (κ3) is 2.41. The van der Waals surface area contributed by atoms with Crippen LogP contribution in [0.4, 0.5) is 17.5 Å². The summed E-state index contributed by atoms with van der Waals surface area (Å²) in [6.45, 7) is 2.16. The predicted octanol–water partition coefficient (Wildman–Crippen LogP) is 4.10. The van der Waals surface area contributed by atoms with E-state index in [1.165, 1.54) is 4.88 Å². The highest BCUT2D eigenvalue weighted by Crippen LogP contribution is 2.32. The fourth-order valence-electron chi connectivity index (χ4n) is 1.82. The molecule has 0 saturated carbocycles. The van der Waals surface area contributed by atoms with E-state index >= 15 is 0 Å². The Morgan fingerprint density at radius 3 is 2.89 bits per heavy atom. The van der Waals surface area contributed by atoms with Crippen molar-refractivity contribution in [3.05, 3.63) is 27.8 Å². The van der Waals surface area contributed by atoms with Gasteiger partial charge in [-0.3, -0.25) is 0 Å². The van der Waals surface area contributed by atoms with Crippen LogP contribution in [0.15, 0.2) is 22.9 Å². The first-order valence-electron chi connectivity index (χ1n) is 6.07. The first-order valence-corrected chi connectivity index (χ1v) is 7.83. The first kappa shape index (κ1) is 12.4. The summed E-state index contributed by atoms with van der Waals surface area (Å²) in [6.07, 6.45) is 1.02. The van der Waals surface area contributed by atoms with Crippen molar-refractivity contribution in [1.82, 2.24) is 9.97 Å².